The number of hydrogen-bond acceptors (Lipinski definition) is 2. The van der Waals surface area contributed by atoms with E-state index in [1.54, 1.807) is 11.8 Å². The van der Waals surface area contributed by atoms with Gasteiger partial charge in [-0.05, 0) is 11.8 Å². The van der Waals surface area contributed by atoms with E-state index >= 15 is 0 Å². The van der Waals surface area contributed by atoms with Crippen LogP contribution in [0.1, 0.15) is 13.3 Å². The third kappa shape index (κ3) is 2.34. The van der Waals surface area contributed by atoms with Gasteiger partial charge in [0.15, 0.2) is 5.78 Å². The summed E-state index contributed by atoms with van der Waals surface area (Å²) in [5.41, 5.74) is 0. The molecule has 1 rings (SSSR count). The van der Waals surface area contributed by atoms with E-state index in [-0.39, 0.29) is 10.7 Å². The molecule has 0 spiro atoms. The second kappa shape index (κ2) is 4.31. The maximum atomic E-state index is 11.5. The molecule has 0 aromatic heterocycles. The molecular formula is C8H11BrOS. The highest BCUT2D eigenvalue weighted by Gasteiger charge is 2.23. The summed E-state index contributed by atoms with van der Waals surface area (Å²) in [5.74, 6) is 1.42. The van der Waals surface area contributed by atoms with Gasteiger partial charge in [0.2, 0.25) is 0 Å². The lowest BCUT2D eigenvalue weighted by Crippen LogP contribution is -2.22. The number of carbonyl (C=O) groups excluding carboxylic acids is 1. The predicted molar refractivity (Wildman–Crippen MR) is 53.1 cm³/mol. The summed E-state index contributed by atoms with van der Waals surface area (Å²) < 4.78 is 0. The van der Waals surface area contributed by atoms with Gasteiger partial charge in [-0.1, -0.05) is 28.9 Å². The van der Waals surface area contributed by atoms with Crippen LogP contribution in [0, 0.1) is 5.92 Å². The molecule has 0 saturated carbocycles. The quantitative estimate of drug-likeness (QED) is 0.699. The van der Waals surface area contributed by atoms with Crippen LogP contribution in [0.3, 0.4) is 0 Å². The molecule has 1 aliphatic rings. The van der Waals surface area contributed by atoms with E-state index in [9.17, 15) is 4.79 Å². The fourth-order valence-electron chi connectivity index (χ4n) is 0.976. The molecule has 0 bridgehead atoms. The monoisotopic (exact) mass is 234 g/mol. The van der Waals surface area contributed by atoms with Crippen LogP contribution in [0.5, 0.6) is 0 Å². The van der Waals surface area contributed by atoms with Crippen LogP contribution in [0.15, 0.2) is 11.5 Å². The number of halogens is 1. The Morgan fingerprint density at radius 1 is 1.91 bits per heavy atom. The van der Waals surface area contributed by atoms with Crippen molar-refractivity contribution in [2.75, 3.05) is 5.75 Å². The van der Waals surface area contributed by atoms with Crippen molar-refractivity contribution in [2.24, 2.45) is 5.92 Å². The highest BCUT2D eigenvalue weighted by atomic mass is 79.9. The van der Waals surface area contributed by atoms with Crippen molar-refractivity contribution in [3.8, 4) is 0 Å². The van der Waals surface area contributed by atoms with Crippen molar-refractivity contribution in [2.45, 2.75) is 18.2 Å². The van der Waals surface area contributed by atoms with Gasteiger partial charge in [0.05, 0.1) is 4.83 Å². The second-order valence-corrected chi connectivity index (χ2v) is 4.59. The Labute approximate surface area is 79.8 Å². The molecule has 0 radical (unpaired) electrons. The average molecular weight is 235 g/mol. The lowest BCUT2D eigenvalue weighted by molar-refractivity contribution is -0.120. The zero-order valence-corrected chi connectivity index (χ0v) is 8.82. The zero-order chi connectivity index (χ0) is 8.27. The summed E-state index contributed by atoms with van der Waals surface area (Å²) in [4.78, 5) is 11.5. The molecule has 0 saturated heterocycles. The van der Waals surface area contributed by atoms with Gasteiger partial charge >= 0.3 is 0 Å². The van der Waals surface area contributed by atoms with Gasteiger partial charge in [-0.25, -0.2) is 0 Å². The first-order valence-corrected chi connectivity index (χ1v) is 5.68. The average Bonchev–Trinajstić information content (AvgIpc) is 2.53. The summed E-state index contributed by atoms with van der Waals surface area (Å²) in [5, 5.41) is 2.01. The SMILES string of the molecule is CCC(Br)C(=O)C1C=CSC1. The number of alkyl halides is 1. The molecule has 62 valence electrons. The first kappa shape index (κ1) is 9.33. The Kier molecular flexibility index (Phi) is 3.66. The molecule has 11 heavy (non-hydrogen) atoms. The van der Waals surface area contributed by atoms with Crippen molar-refractivity contribution >= 4 is 33.5 Å². The van der Waals surface area contributed by atoms with Gasteiger partial charge in [0.25, 0.3) is 0 Å². The molecule has 3 heteroatoms. The number of Topliss-reactive ketones (excluding diaryl/α,β-unsaturated/α-hetero) is 1. The molecule has 0 aromatic rings. The molecule has 2 unspecified atom stereocenters. The van der Waals surface area contributed by atoms with Crippen LogP contribution < -0.4 is 0 Å². The summed E-state index contributed by atoms with van der Waals surface area (Å²) in [6, 6.07) is 0. The minimum Gasteiger partial charge on any atom is -0.298 e. The molecule has 2 atom stereocenters. The van der Waals surface area contributed by atoms with E-state index in [2.05, 4.69) is 15.9 Å². The van der Waals surface area contributed by atoms with Gasteiger partial charge < -0.3 is 0 Å². The lowest BCUT2D eigenvalue weighted by Gasteiger charge is -2.09. The van der Waals surface area contributed by atoms with E-state index in [0.29, 0.717) is 5.78 Å². The molecule has 1 nitrogen and oxygen atoms in total. The maximum Gasteiger partial charge on any atom is 0.154 e. The Balaban J connectivity index is 2.46. The van der Waals surface area contributed by atoms with Gasteiger partial charge in [-0.15, -0.1) is 11.8 Å². The van der Waals surface area contributed by atoms with Crippen LogP contribution in [0.25, 0.3) is 0 Å². The predicted octanol–water partition coefficient (Wildman–Crippen LogP) is 2.61. The van der Waals surface area contributed by atoms with Crippen molar-refractivity contribution in [3.63, 3.8) is 0 Å². The van der Waals surface area contributed by atoms with E-state index in [1.165, 1.54) is 0 Å². The normalized spacial score (nSPS) is 25.5. The van der Waals surface area contributed by atoms with Crippen molar-refractivity contribution in [1.82, 2.24) is 0 Å². The topological polar surface area (TPSA) is 17.1 Å². The summed E-state index contributed by atoms with van der Waals surface area (Å²) in [6.07, 6.45) is 2.88. The molecule has 1 aliphatic heterocycles. The number of thioether (sulfide) groups is 1. The van der Waals surface area contributed by atoms with E-state index in [1.807, 2.05) is 18.4 Å². The molecule has 0 aliphatic carbocycles. The van der Waals surface area contributed by atoms with Gasteiger partial charge in [0.1, 0.15) is 0 Å². The first-order chi connectivity index (χ1) is 5.25. The smallest absolute Gasteiger partial charge is 0.154 e. The van der Waals surface area contributed by atoms with Crippen LogP contribution >= 0.6 is 27.7 Å². The first-order valence-electron chi connectivity index (χ1n) is 3.71. The number of rotatable bonds is 3. The largest absolute Gasteiger partial charge is 0.298 e. The molecule has 0 N–H and O–H groups in total. The molecular weight excluding hydrogens is 224 g/mol. The van der Waals surface area contributed by atoms with Crippen LogP contribution in [0.4, 0.5) is 0 Å². The number of allylic oxidation sites excluding steroid dienone is 1. The molecule has 0 aromatic carbocycles. The van der Waals surface area contributed by atoms with Crippen LogP contribution in [-0.2, 0) is 4.79 Å². The zero-order valence-electron chi connectivity index (χ0n) is 6.42. The van der Waals surface area contributed by atoms with Crippen LogP contribution in [0.2, 0.25) is 0 Å². The number of ketones is 1. The van der Waals surface area contributed by atoms with E-state index < -0.39 is 0 Å². The van der Waals surface area contributed by atoms with Gasteiger partial charge in [0, 0.05) is 11.7 Å². The third-order valence-electron chi connectivity index (χ3n) is 1.72. The fraction of sp³-hybridized carbons (Fsp3) is 0.625. The van der Waals surface area contributed by atoms with E-state index in [4.69, 9.17) is 0 Å². The Hall–Kier alpha value is 0.240. The third-order valence-corrected chi connectivity index (χ3v) is 3.72. The summed E-state index contributed by atoms with van der Waals surface area (Å²) in [6.45, 7) is 2.02. The summed E-state index contributed by atoms with van der Waals surface area (Å²) >= 11 is 5.08. The Morgan fingerprint density at radius 2 is 2.64 bits per heavy atom. The van der Waals surface area contributed by atoms with Crippen LogP contribution in [-0.4, -0.2) is 16.4 Å². The molecule has 0 fully saturated rings. The Bertz CT molecular complexity index is 179. The molecule has 0 amide bonds. The summed E-state index contributed by atoms with van der Waals surface area (Å²) in [7, 11) is 0. The standard InChI is InChI=1S/C8H11BrOS/c1-2-7(9)8(10)6-3-4-11-5-6/h3-4,6-7H,2,5H2,1H3. The van der Waals surface area contributed by atoms with Crippen molar-refractivity contribution < 1.29 is 4.79 Å². The Morgan fingerprint density at radius 3 is 3.09 bits per heavy atom. The van der Waals surface area contributed by atoms with Gasteiger partial charge in [-0.2, -0.15) is 0 Å². The van der Waals surface area contributed by atoms with Crippen molar-refractivity contribution in [1.29, 1.82) is 0 Å². The number of hydrogen-bond donors (Lipinski definition) is 0. The fourth-order valence-corrected chi connectivity index (χ4v) is 2.21. The second-order valence-electron chi connectivity index (χ2n) is 2.55. The lowest BCUT2D eigenvalue weighted by atomic mass is 10.0. The highest BCUT2D eigenvalue weighted by molar-refractivity contribution is 9.10. The highest BCUT2D eigenvalue weighted by Crippen LogP contribution is 2.24. The maximum absolute atomic E-state index is 11.5. The van der Waals surface area contributed by atoms with Crippen molar-refractivity contribution in [3.05, 3.63) is 11.5 Å². The minimum absolute atomic E-state index is 0.0517. The van der Waals surface area contributed by atoms with E-state index in [0.717, 1.165) is 12.2 Å². The van der Waals surface area contributed by atoms with Gasteiger partial charge in [-0.3, -0.25) is 4.79 Å². The number of carbonyl (C=O) groups is 1. The molecule has 1 heterocycles. The minimum atomic E-state index is 0.0517.